The van der Waals surface area contributed by atoms with E-state index in [-0.39, 0.29) is 0 Å². The first-order chi connectivity index (χ1) is 8.22. The zero-order valence-corrected chi connectivity index (χ0v) is 11.2. The Bertz CT molecular complexity index is 344. The molecule has 2 nitrogen and oxygen atoms in total. The Morgan fingerprint density at radius 2 is 2.00 bits per heavy atom. The van der Waals surface area contributed by atoms with E-state index in [0.717, 1.165) is 19.0 Å². The van der Waals surface area contributed by atoms with Crippen molar-refractivity contribution in [3.05, 3.63) is 29.8 Å². The molecule has 0 spiro atoms. The number of anilines is 1. The molecule has 1 N–H and O–H groups in total. The van der Waals surface area contributed by atoms with Crippen LogP contribution in [0.25, 0.3) is 0 Å². The van der Waals surface area contributed by atoms with Crippen molar-refractivity contribution in [2.75, 3.05) is 24.5 Å². The van der Waals surface area contributed by atoms with Gasteiger partial charge in [-0.25, -0.2) is 0 Å². The molecule has 0 amide bonds. The summed E-state index contributed by atoms with van der Waals surface area (Å²) in [6.07, 6.45) is 1.28. The monoisotopic (exact) mass is 232 g/mol. The van der Waals surface area contributed by atoms with Gasteiger partial charge in [-0.05, 0) is 44.9 Å². The molecule has 2 rings (SSSR count). The first-order valence-corrected chi connectivity index (χ1v) is 6.76. The Hall–Kier alpha value is -1.02. The maximum atomic E-state index is 3.52. The number of hydrogen-bond donors (Lipinski definition) is 1. The van der Waals surface area contributed by atoms with Gasteiger partial charge in [-0.1, -0.05) is 24.6 Å². The topological polar surface area (TPSA) is 15.3 Å². The van der Waals surface area contributed by atoms with Gasteiger partial charge in [0, 0.05) is 24.8 Å². The Morgan fingerprint density at radius 3 is 2.59 bits per heavy atom. The van der Waals surface area contributed by atoms with E-state index >= 15 is 0 Å². The van der Waals surface area contributed by atoms with Crippen LogP contribution >= 0.6 is 0 Å². The molecule has 0 radical (unpaired) electrons. The first-order valence-electron chi connectivity index (χ1n) is 6.76. The highest BCUT2D eigenvalue weighted by Gasteiger charge is 2.26. The second-order valence-corrected chi connectivity index (χ2v) is 5.16. The molecule has 0 saturated carbocycles. The van der Waals surface area contributed by atoms with Crippen LogP contribution in [0.5, 0.6) is 0 Å². The van der Waals surface area contributed by atoms with Crippen molar-refractivity contribution in [3.8, 4) is 0 Å². The molecule has 1 aliphatic heterocycles. The predicted octanol–water partition coefficient (Wildman–Crippen LogP) is 2.82. The van der Waals surface area contributed by atoms with Gasteiger partial charge < -0.3 is 10.2 Å². The van der Waals surface area contributed by atoms with Crippen LogP contribution in [0.15, 0.2) is 24.3 Å². The summed E-state index contributed by atoms with van der Waals surface area (Å²) in [4.78, 5) is 2.54. The van der Waals surface area contributed by atoms with E-state index in [0.29, 0.717) is 6.04 Å². The first kappa shape index (κ1) is 12.4. The maximum absolute atomic E-state index is 3.52. The average molecular weight is 232 g/mol. The predicted molar refractivity (Wildman–Crippen MR) is 74.6 cm³/mol. The Morgan fingerprint density at radius 1 is 1.29 bits per heavy atom. The van der Waals surface area contributed by atoms with Crippen LogP contribution in [0.4, 0.5) is 5.69 Å². The Balaban J connectivity index is 2.17. The summed E-state index contributed by atoms with van der Waals surface area (Å²) in [5.74, 6) is 0.775. The van der Waals surface area contributed by atoms with Crippen molar-refractivity contribution in [1.82, 2.24) is 5.32 Å². The molecule has 17 heavy (non-hydrogen) atoms. The smallest absolute Gasteiger partial charge is 0.0440 e. The quantitative estimate of drug-likeness (QED) is 0.862. The third kappa shape index (κ3) is 2.81. The number of rotatable bonds is 3. The molecule has 1 fully saturated rings. The fourth-order valence-corrected chi connectivity index (χ4v) is 2.74. The van der Waals surface area contributed by atoms with E-state index in [9.17, 15) is 0 Å². The molecular formula is C15H24N2. The molecular weight excluding hydrogens is 208 g/mol. The Kier molecular flexibility index (Phi) is 4.06. The molecule has 1 saturated heterocycles. The van der Waals surface area contributed by atoms with Crippen LogP contribution in [0.2, 0.25) is 0 Å². The van der Waals surface area contributed by atoms with E-state index in [2.05, 4.69) is 55.3 Å². The van der Waals surface area contributed by atoms with Gasteiger partial charge >= 0.3 is 0 Å². The summed E-state index contributed by atoms with van der Waals surface area (Å²) < 4.78 is 0. The molecule has 2 atom stereocenters. The number of piperidine rings is 1. The third-order valence-corrected chi connectivity index (χ3v) is 3.89. The van der Waals surface area contributed by atoms with Crippen LogP contribution in [-0.2, 0) is 0 Å². The molecule has 0 aromatic heterocycles. The highest BCUT2D eigenvalue weighted by atomic mass is 15.2. The molecule has 1 heterocycles. The molecule has 2 unspecified atom stereocenters. The number of likely N-dealkylation sites (N-methyl/N-ethyl adjacent to an activating group) is 1. The van der Waals surface area contributed by atoms with Crippen molar-refractivity contribution in [2.45, 2.75) is 33.2 Å². The normalized spacial score (nSPS) is 24.6. The number of aryl methyl sites for hydroxylation is 1. The van der Waals surface area contributed by atoms with Crippen LogP contribution in [-0.4, -0.2) is 25.7 Å². The molecule has 0 aliphatic carbocycles. The second kappa shape index (κ2) is 5.54. The van der Waals surface area contributed by atoms with Gasteiger partial charge in [0.25, 0.3) is 0 Å². The lowest BCUT2D eigenvalue weighted by molar-refractivity contribution is 0.332. The fraction of sp³-hybridized carbons (Fsp3) is 0.600. The molecule has 1 aliphatic rings. The summed E-state index contributed by atoms with van der Waals surface area (Å²) >= 11 is 0. The lowest BCUT2D eigenvalue weighted by Gasteiger charge is -2.40. The van der Waals surface area contributed by atoms with Crippen molar-refractivity contribution in [2.24, 2.45) is 5.92 Å². The average Bonchev–Trinajstić information content (AvgIpc) is 2.35. The summed E-state index contributed by atoms with van der Waals surface area (Å²) in [7, 11) is 0. The minimum absolute atomic E-state index is 0.636. The van der Waals surface area contributed by atoms with Gasteiger partial charge in [-0.2, -0.15) is 0 Å². The molecule has 1 aromatic rings. The summed E-state index contributed by atoms with van der Waals surface area (Å²) in [5, 5.41) is 3.52. The maximum Gasteiger partial charge on any atom is 0.0440 e. The van der Waals surface area contributed by atoms with Crippen LogP contribution in [0, 0.1) is 12.8 Å². The van der Waals surface area contributed by atoms with Crippen molar-refractivity contribution < 1.29 is 0 Å². The van der Waals surface area contributed by atoms with Crippen LogP contribution in [0.1, 0.15) is 25.8 Å². The lowest BCUT2D eigenvalue weighted by Crippen LogP contribution is -2.50. The van der Waals surface area contributed by atoms with E-state index in [1.807, 2.05) is 0 Å². The zero-order valence-electron chi connectivity index (χ0n) is 11.2. The summed E-state index contributed by atoms with van der Waals surface area (Å²) in [5.41, 5.74) is 2.69. The number of benzene rings is 1. The van der Waals surface area contributed by atoms with Gasteiger partial charge in [0.2, 0.25) is 0 Å². The molecule has 0 bridgehead atoms. The minimum atomic E-state index is 0.636. The van der Waals surface area contributed by atoms with E-state index < -0.39 is 0 Å². The third-order valence-electron chi connectivity index (χ3n) is 3.89. The van der Waals surface area contributed by atoms with Crippen molar-refractivity contribution in [3.63, 3.8) is 0 Å². The zero-order chi connectivity index (χ0) is 12.3. The van der Waals surface area contributed by atoms with Gasteiger partial charge in [0.05, 0.1) is 0 Å². The van der Waals surface area contributed by atoms with E-state index in [1.54, 1.807) is 0 Å². The summed E-state index contributed by atoms with van der Waals surface area (Å²) in [6, 6.07) is 9.55. The highest BCUT2D eigenvalue weighted by Crippen LogP contribution is 2.24. The second-order valence-electron chi connectivity index (χ2n) is 5.16. The van der Waals surface area contributed by atoms with Gasteiger partial charge in [0.15, 0.2) is 0 Å². The summed E-state index contributed by atoms with van der Waals surface area (Å²) in [6.45, 7) is 10.1. The van der Waals surface area contributed by atoms with Crippen LogP contribution in [0.3, 0.4) is 0 Å². The molecule has 94 valence electrons. The fourth-order valence-electron chi connectivity index (χ4n) is 2.74. The number of nitrogens with zero attached hydrogens (tertiary/aromatic N) is 1. The van der Waals surface area contributed by atoms with E-state index in [4.69, 9.17) is 0 Å². The highest BCUT2D eigenvalue weighted by molar-refractivity contribution is 5.48. The SMILES string of the molecule is CCN(c1ccc(C)cc1)C1CNCCC1C. The van der Waals surface area contributed by atoms with Gasteiger partial charge in [-0.15, -0.1) is 0 Å². The standard InChI is InChI=1S/C15H24N2/c1-4-17(14-7-5-12(2)6-8-14)15-11-16-10-9-13(15)3/h5-8,13,15-16H,4,9-11H2,1-3H3. The van der Waals surface area contributed by atoms with E-state index in [1.165, 1.54) is 24.2 Å². The largest absolute Gasteiger partial charge is 0.367 e. The number of hydrogen-bond acceptors (Lipinski definition) is 2. The van der Waals surface area contributed by atoms with Crippen LogP contribution < -0.4 is 10.2 Å². The molecule has 1 aromatic carbocycles. The Labute approximate surface area is 105 Å². The van der Waals surface area contributed by atoms with Crippen molar-refractivity contribution >= 4 is 5.69 Å². The van der Waals surface area contributed by atoms with Crippen molar-refractivity contribution in [1.29, 1.82) is 0 Å². The minimum Gasteiger partial charge on any atom is -0.367 e. The number of nitrogens with one attached hydrogen (secondary N) is 1. The van der Waals surface area contributed by atoms with Gasteiger partial charge in [0.1, 0.15) is 0 Å². The van der Waals surface area contributed by atoms with Gasteiger partial charge in [-0.3, -0.25) is 0 Å². The molecule has 2 heteroatoms. The lowest BCUT2D eigenvalue weighted by atomic mass is 9.93.